The van der Waals surface area contributed by atoms with Gasteiger partial charge >= 0.3 is 0 Å². The summed E-state index contributed by atoms with van der Waals surface area (Å²) in [6, 6.07) is 0. The van der Waals surface area contributed by atoms with Crippen molar-refractivity contribution < 1.29 is 19.5 Å². The topological polar surface area (TPSA) is 112 Å². The summed E-state index contributed by atoms with van der Waals surface area (Å²) in [4.78, 5) is 36.9. The van der Waals surface area contributed by atoms with Gasteiger partial charge in [0.25, 0.3) is 5.91 Å². The number of rotatable bonds is 5. The van der Waals surface area contributed by atoms with Crippen molar-refractivity contribution in [2.45, 2.75) is 26.7 Å². The molecule has 3 N–H and O–H groups in total. The van der Waals surface area contributed by atoms with Crippen LogP contribution in [0.1, 0.15) is 34.1 Å². The van der Waals surface area contributed by atoms with Crippen LogP contribution in [0.4, 0.5) is 5.00 Å². The van der Waals surface area contributed by atoms with E-state index >= 15 is 0 Å². The number of nitrogens with two attached hydrogens (primary N) is 1. The number of allylic oxidation sites excluding steroid dienone is 2. The Balaban J connectivity index is 1.89. The Labute approximate surface area is 143 Å². The van der Waals surface area contributed by atoms with Gasteiger partial charge in [-0.25, -0.2) is 0 Å². The van der Waals surface area contributed by atoms with Crippen molar-refractivity contribution in [1.29, 1.82) is 0 Å². The predicted octanol–water partition coefficient (Wildman–Crippen LogP) is 0.845. The molecule has 0 unspecified atom stereocenters. The van der Waals surface area contributed by atoms with E-state index in [4.69, 9.17) is 5.73 Å². The number of primary amides is 1. The van der Waals surface area contributed by atoms with Gasteiger partial charge in [-0.05, 0) is 37.2 Å². The van der Waals surface area contributed by atoms with Crippen molar-refractivity contribution in [3.05, 3.63) is 28.2 Å². The molecule has 2 amide bonds. The van der Waals surface area contributed by atoms with Crippen LogP contribution in [-0.2, 0) is 16.0 Å². The smallest absolute Gasteiger partial charge is 0.251 e. The standard InChI is InChI=1S/C17H20N2O4S/c1-3-10-7(2)24-16(13(10)14(18)20)19-15(21)11-8-4-5-9(6-8)12(11)17(22)23/h4-5,8-9,11-12H,3,6H2,1-2H3,(H2,18,20)(H,19,21)(H,22,23)/p-1/t8-,9-,11+,12+/m1/s1. The molecule has 128 valence electrons. The summed E-state index contributed by atoms with van der Waals surface area (Å²) in [7, 11) is 0. The van der Waals surface area contributed by atoms with Crippen molar-refractivity contribution >= 4 is 34.1 Å². The average molecular weight is 347 g/mol. The first-order chi connectivity index (χ1) is 11.3. The maximum Gasteiger partial charge on any atom is 0.251 e. The van der Waals surface area contributed by atoms with E-state index in [1.807, 2.05) is 26.0 Å². The summed E-state index contributed by atoms with van der Waals surface area (Å²) in [5.74, 6) is -3.90. The lowest BCUT2D eigenvalue weighted by atomic mass is 9.82. The van der Waals surface area contributed by atoms with E-state index in [9.17, 15) is 19.5 Å². The predicted molar refractivity (Wildman–Crippen MR) is 88.3 cm³/mol. The number of aliphatic carboxylic acids is 1. The molecule has 2 aliphatic carbocycles. The number of anilines is 1. The Bertz CT molecular complexity index is 752. The molecule has 24 heavy (non-hydrogen) atoms. The van der Waals surface area contributed by atoms with Crippen LogP contribution in [0.3, 0.4) is 0 Å². The lowest BCUT2D eigenvalue weighted by molar-refractivity contribution is -0.313. The van der Waals surface area contributed by atoms with Crippen LogP contribution in [0, 0.1) is 30.6 Å². The zero-order valence-corrected chi connectivity index (χ0v) is 14.3. The number of carbonyl (C=O) groups is 3. The highest BCUT2D eigenvalue weighted by Crippen LogP contribution is 2.48. The first-order valence-electron chi connectivity index (χ1n) is 7.97. The molecule has 0 aromatic carbocycles. The van der Waals surface area contributed by atoms with E-state index in [0.29, 0.717) is 23.4 Å². The summed E-state index contributed by atoms with van der Waals surface area (Å²) in [5, 5.41) is 14.6. The van der Waals surface area contributed by atoms with Crippen LogP contribution in [-0.4, -0.2) is 17.8 Å². The summed E-state index contributed by atoms with van der Waals surface area (Å²) in [5.41, 5.74) is 6.63. The zero-order chi connectivity index (χ0) is 17.6. The van der Waals surface area contributed by atoms with Gasteiger partial charge in [-0.1, -0.05) is 19.1 Å². The zero-order valence-electron chi connectivity index (χ0n) is 13.5. The second-order valence-electron chi connectivity index (χ2n) is 6.37. The van der Waals surface area contributed by atoms with Crippen LogP contribution in [0.5, 0.6) is 0 Å². The first-order valence-corrected chi connectivity index (χ1v) is 8.78. The number of nitrogens with one attached hydrogen (secondary N) is 1. The Morgan fingerprint density at radius 1 is 1.29 bits per heavy atom. The lowest BCUT2D eigenvalue weighted by Crippen LogP contribution is -2.43. The third kappa shape index (κ3) is 2.53. The molecule has 2 bridgehead atoms. The van der Waals surface area contributed by atoms with Gasteiger partial charge in [0.15, 0.2) is 0 Å². The molecular weight excluding hydrogens is 328 g/mol. The highest BCUT2D eigenvalue weighted by atomic mass is 32.1. The Kier molecular flexibility index (Phi) is 4.21. The molecule has 3 rings (SSSR count). The Morgan fingerprint density at radius 2 is 1.92 bits per heavy atom. The molecule has 1 heterocycles. The fourth-order valence-corrected chi connectivity index (χ4v) is 5.20. The van der Waals surface area contributed by atoms with Crippen molar-refractivity contribution in [1.82, 2.24) is 0 Å². The van der Waals surface area contributed by atoms with Crippen LogP contribution >= 0.6 is 11.3 Å². The quantitative estimate of drug-likeness (QED) is 0.769. The van der Waals surface area contributed by atoms with E-state index in [-0.39, 0.29) is 17.7 Å². The SMILES string of the molecule is CCc1c(C)sc(NC(=O)[C@@H]2[C@@H](C(=O)[O-])[C@@H]3C=C[C@@H]2C3)c1C(N)=O. The molecule has 0 saturated heterocycles. The number of carboxylic acid groups (broad SMARTS) is 1. The molecule has 1 saturated carbocycles. The monoisotopic (exact) mass is 347 g/mol. The van der Waals surface area contributed by atoms with E-state index in [1.165, 1.54) is 11.3 Å². The molecule has 0 spiro atoms. The number of fused-ring (bicyclic) bond motifs is 2. The van der Waals surface area contributed by atoms with Crippen molar-refractivity contribution in [3.63, 3.8) is 0 Å². The number of thiophene rings is 1. The van der Waals surface area contributed by atoms with Gasteiger partial charge in [0.05, 0.1) is 11.5 Å². The summed E-state index contributed by atoms with van der Waals surface area (Å²) >= 11 is 1.30. The van der Waals surface area contributed by atoms with Gasteiger partial charge in [0.2, 0.25) is 5.91 Å². The number of amides is 2. The average Bonchev–Trinajstić information content (AvgIpc) is 3.18. The minimum Gasteiger partial charge on any atom is -0.550 e. The van der Waals surface area contributed by atoms with E-state index in [2.05, 4.69) is 5.32 Å². The van der Waals surface area contributed by atoms with Crippen LogP contribution < -0.4 is 16.2 Å². The minimum atomic E-state index is -1.20. The summed E-state index contributed by atoms with van der Waals surface area (Å²) in [6.07, 6.45) is 5.05. The largest absolute Gasteiger partial charge is 0.550 e. The second-order valence-corrected chi connectivity index (χ2v) is 7.59. The maximum atomic E-state index is 12.7. The third-order valence-corrected chi connectivity index (χ3v) is 6.14. The number of aryl methyl sites for hydroxylation is 1. The van der Waals surface area contributed by atoms with Crippen molar-refractivity contribution in [2.24, 2.45) is 29.4 Å². The molecule has 2 aliphatic rings. The van der Waals surface area contributed by atoms with E-state index < -0.39 is 23.7 Å². The summed E-state index contributed by atoms with van der Waals surface area (Å²) < 4.78 is 0. The van der Waals surface area contributed by atoms with Gasteiger partial charge in [0.1, 0.15) is 5.00 Å². The molecular formula is C17H19N2O4S-. The molecule has 0 radical (unpaired) electrons. The summed E-state index contributed by atoms with van der Waals surface area (Å²) in [6.45, 7) is 3.79. The number of hydrogen-bond donors (Lipinski definition) is 2. The fourth-order valence-electron chi connectivity index (χ4n) is 4.05. The van der Waals surface area contributed by atoms with Crippen LogP contribution in [0.15, 0.2) is 12.2 Å². The first kappa shape index (κ1) is 16.7. The molecule has 1 aromatic heterocycles. The van der Waals surface area contributed by atoms with Gasteiger partial charge in [0, 0.05) is 16.8 Å². The Hall–Kier alpha value is -2.15. The second kappa shape index (κ2) is 6.05. The third-order valence-electron chi connectivity index (χ3n) is 5.08. The van der Waals surface area contributed by atoms with E-state index in [0.717, 1.165) is 10.4 Å². The molecule has 6 nitrogen and oxygen atoms in total. The van der Waals surface area contributed by atoms with Gasteiger partial charge in [-0.3, -0.25) is 9.59 Å². The van der Waals surface area contributed by atoms with E-state index in [1.54, 1.807) is 0 Å². The maximum absolute atomic E-state index is 12.7. The molecule has 1 fully saturated rings. The van der Waals surface area contributed by atoms with Crippen molar-refractivity contribution in [2.75, 3.05) is 5.32 Å². The molecule has 7 heteroatoms. The number of carbonyl (C=O) groups excluding carboxylic acids is 3. The molecule has 1 aromatic rings. The van der Waals surface area contributed by atoms with Gasteiger partial charge in [-0.2, -0.15) is 0 Å². The Morgan fingerprint density at radius 3 is 2.46 bits per heavy atom. The highest BCUT2D eigenvalue weighted by Gasteiger charge is 2.48. The molecule has 0 aliphatic heterocycles. The van der Waals surface area contributed by atoms with Gasteiger partial charge < -0.3 is 21.0 Å². The van der Waals surface area contributed by atoms with Gasteiger partial charge in [-0.15, -0.1) is 11.3 Å². The van der Waals surface area contributed by atoms with Crippen molar-refractivity contribution in [3.8, 4) is 0 Å². The molecule has 4 atom stereocenters. The van der Waals surface area contributed by atoms with Crippen LogP contribution in [0.25, 0.3) is 0 Å². The fraction of sp³-hybridized carbons (Fsp3) is 0.471. The number of hydrogen-bond acceptors (Lipinski definition) is 5. The highest BCUT2D eigenvalue weighted by molar-refractivity contribution is 7.16. The number of carboxylic acids is 1. The van der Waals surface area contributed by atoms with Crippen LogP contribution in [0.2, 0.25) is 0 Å². The lowest BCUT2D eigenvalue weighted by Gasteiger charge is -2.27. The normalized spacial score (nSPS) is 27.4. The minimum absolute atomic E-state index is 0.0957.